The van der Waals surface area contributed by atoms with E-state index in [1.807, 2.05) is 32.2 Å². The number of hydrogen-bond acceptors (Lipinski definition) is 4. The number of rotatable bonds is 6. The molecule has 0 saturated carbocycles. The van der Waals surface area contributed by atoms with E-state index in [0.29, 0.717) is 5.46 Å². The van der Waals surface area contributed by atoms with E-state index in [2.05, 4.69) is 17.2 Å². The molecule has 0 spiro atoms. The minimum absolute atomic E-state index is 0.533. The molecule has 0 aliphatic heterocycles. The molecule has 0 saturated heterocycles. The second kappa shape index (κ2) is 11.0. The summed E-state index contributed by atoms with van der Waals surface area (Å²) in [6, 6.07) is 7.07. The van der Waals surface area contributed by atoms with E-state index < -0.39 is 7.12 Å². The first-order chi connectivity index (χ1) is 8.61. The molecular weight excluding hydrogens is 227 g/mol. The molecular formula is C13H23BN2O2. The van der Waals surface area contributed by atoms with Crippen molar-refractivity contribution in [2.45, 2.75) is 6.92 Å². The van der Waals surface area contributed by atoms with E-state index in [9.17, 15) is 0 Å². The Morgan fingerprint density at radius 1 is 1.22 bits per heavy atom. The van der Waals surface area contributed by atoms with Gasteiger partial charge in [0.1, 0.15) is 0 Å². The zero-order valence-corrected chi connectivity index (χ0v) is 11.2. The Balaban J connectivity index is 0.000000331. The van der Waals surface area contributed by atoms with Crippen LogP contribution in [0, 0.1) is 6.92 Å². The second-order valence-electron chi connectivity index (χ2n) is 3.88. The van der Waals surface area contributed by atoms with Crippen LogP contribution in [0.4, 0.5) is 0 Å². The maximum Gasteiger partial charge on any atom is 0.488 e. The predicted molar refractivity (Wildman–Crippen MR) is 78.0 cm³/mol. The minimum Gasteiger partial charge on any atom is -0.423 e. The van der Waals surface area contributed by atoms with Crippen molar-refractivity contribution in [3.8, 4) is 0 Å². The summed E-state index contributed by atoms with van der Waals surface area (Å²) in [6.45, 7) is 8.47. The molecule has 5 heteroatoms. The molecule has 100 valence electrons. The van der Waals surface area contributed by atoms with E-state index in [-0.39, 0.29) is 0 Å². The molecule has 1 aromatic rings. The van der Waals surface area contributed by atoms with Gasteiger partial charge in [-0.3, -0.25) is 0 Å². The van der Waals surface area contributed by atoms with Crippen molar-refractivity contribution >= 4 is 12.6 Å². The van der Waals surface area contributed by atoms with Crippen LogP contribution >= 0.6 is 0 Å². The van der Waals surface area contributed by atoms with Crippen LogP contribution in [-0.2, 0) is 0 Å². The van der Waals surface area contributed by atoms with Crippen LogP contribution < -0.4 is 16.1 Å². The van der Waals surface area contributed by atoms with Gasteiger partial charge in [-0.2, -0.15) is 0 Å². The van der Waals surface area contributed by atoms with Gasteiger partial charge in [-0.15, -0.1) is 6.58 Å². The smallest absolute Gasteiger partial charge is 0.423 e. The monoisotopic (exact) mass is 250 g/mol. The van der Waals surface area contributed by atoms with Crippen molar-refractivity contribution < 1.29 is 10.0 Å². The maximum atomic E-state index is 8.67. The zero-order chi connectivity index (χ0) is 13.8. The van der Waals surface area contributed by atoms with Crippen molar-refractivity contribution in [3.63, 3.8) is 0 Å². The van der Waals surface area contributed by atoms with Crippen molar-refractivity contribution in [2.24, 2.45) is 0 Å². The van der Waals surface area contributed by atoms with Gasteiger partial charge in [-0.1, -0.05) is 35.9 Å². The third-order valence-corrected chi connectivity index (χ3v) is 2.22. The number of hydrogen-bond donors (Lipinski definition) is 4. The van der Waals surface area contributed by atoms with Gasteiger partial charge in [-0.05, 0) is 19.4 Å². The van der Waals surface area contributed by atoms with Gasteiger partial charge >= 0.3 is 7.12 Å². The van der Waals surface area contributed by atoms with Crippen molar-refractivity contribution in [3.05, 3.63) is 42.5 Å². The van der Waals surface area contributed by atoms with Gasteiger partial charge < -0.3 is 20.7 Å². The highest BCUT2D eigenvalue weighted by Gasteiger charge is 2.08. The normalized spacial score (nSPS) is 9.33. The Morgan fingerprint density at radius 3 is 2.28 bits per heavy atom. The fraction of sp³-hybridized carbons (Fsp3) is 0.385. The molecule has 4 nitrogen and oxygen atoms in total. The average molecular weight is 250 g/mol. The van der Waals surface area contributed by atoms with E-state index in [1.165, 1.54) is 0 Å². The lowest BCUT2D eigenvalue weighted by molar-refractivity contribution is 0.426. The summed E-state index contributed by atoms with van der Waals surface area (Å²) in [5.74, 6) is 0. The largest absolute Gasteiger partial charge is 0.488 e. The summed E-state index contributed by atoms with van der Waals surface area (Å²) < 4.78 is 0. The zero-order valence-electron chi connectivity index (χ0n) is 11.2. The fourth-order valence-corrected chi connectivity index (χ4v) is 1.16. The first-order valence-corrected chi connectivity index (χ1v) is 6.00. The third kappa shape index (κ3) is 8.95. The molecule has 0 unspecified atom stereocenters. The Labute approximate surface area is 110 Å². The second-order valence-corrected chi connectivity index (χ2v) is 3.88. The molecule has 18 heavy (non-hydrogen) atoms. The molecule has 1 aromatic carbocycles. The minimum atomic E-state index is -1.35. The lowest BCUT2D eigenvalue weighted by Gasteiger charge is -1.97. The standard InChI is InChI=1S/C7H9BO2.C6H14N2/c1-6-2-4-7(5-3-6)8(9)10;1-3-4-8-6-5-7-2/h2-5,9-10H,1H3;3,7-8H,1,4-6H2,2H3. The van der Waals surface area contributed by atoms with Crippen molar-refractivity contribution in [1.82, 2.24) is 10.6 Å². The van der Waals surface area contributed by atoms with Gasteiger partial charge in [0.25, 0.3) is 0 Å². The Bertz CT molecular complexity index is 315. The van der Waals surface area contributed by atoms with E-state index in [4.69, 9.17) is 10.0 Å². The topological polar surface area (TPSA) is 64.5 Å². The van der Waals surface area contributed by atoms with Crippen LogP contribution in [0.15, 0.2) is 36.9 Å². The van der Waals surface area contributed by atoms with Crippen molar-refractivity contribution in [1.29, 1.82) is 0 Å². The summed E-state index contributed by atoms with van der Waals surface area (Å²) in [5, 5.41) is 23.5. The number of benzene rings is 1. The first-order valence-electron chi connectivity index (χ1n) is 6.00. The molecule has 0 bridgehead atoms. The quantitative estimate of drug-likeness (QED) is 0.317. The number of likely N-dealkylation sites (N-methyl/N-ethyl adjacent to an activating group) is 1. The average Bonchev–Trinajstić information content (AvgIpc) is 2.36. The molecule has 0 aliphatic carbocycles. The Hall–Kier alpha value is -1.14. The lowest BCUT2D eigenvalue weighted by atomic mass is 9.80. The maximum absolute atomic E-state index is 8.67. The first kappa shape index (κ1) is 16.9. The molecule has 0 radical (unpaired) electrons. The third-order valence-electron chi connectivity index (χ3n) is 2.22. The van der Waals surface area contributed by atoms with Crippen molar-refractivity contribution in [2.75, 3.05) is 26.7 Å². The SMILES string of the molecule is C=CCNCCNC.Cc1ccc(B(O)O)cc1. The summed E-state index contributed by atoms with van der Waals surface area (Å²) in [5.41, 5.74) is 1.65. The van der Waals surface area contributed by atoms with E-state index in [0.717, 1.165) is 25.2 Å². The Kier molecular flexibility index (Phi) is 10.3. The molecule has 0 amide bonds. The van der Waals surface area contributed by atoms with Gasteiger partial charge in [0.15, 0.2) is 0 Å². The lowest BCUT2D eigenvalue weighted by Crippen LogP contribution is -2.29. The highest BCUT2D eigenvalue weighted by Crippen LogP contribution is 1.92. The Morgan fingerprint density at radius 2 is 1.83 bits per heavy atom. The van der Waals surface area contributed by atoms with E-state index in [1.54, 1.807) is 12.1 Å². The number of aryl methyl sites for hydroxylation is 1. The van der Waals surface area contributed by atoms with Crippen LogP contribution in [-0.4, -0.2) is 43.8 Å². The molecule has 0 aliphatic rings. The predicted octanol–water partition coefficient (Wildman–Crippen LogP) is -0.344. The summed E-state index contributed by atoms with van der Waals surface area (Å²) in [6.07, 6.45) is 1.86. The van der Waals surface area contributed by atoms with Crippen LogP contribution in [0.1, 0.15) is 5.56 Å². The van der Waals surface area contributed by atoms with Crippen LogP contribution in [0.25, 0.3) is 0 Å². The fourth-order valence-electron chi connectivity index (χ4n) is 1.16. The van der Waals surface area contributed by atoms with Crippen LogP contribution in [0.5, 0.6) is 0 Å². The van der Waals surface area contributed by atoms with E-state index >= 15 is 0 Å². The molecule has 1 rings (SSSR count). The van der Waals surface area contributed by atoms with Crippen LogP contribution in [0.3, 0.4) is 0 Å². The van der Waals surface area contributed by atoms with Gasteiger partial charge in [-0.25, -0.2) is 0 Å². The molecule has 0 aromatic heterocycles. The molecule has 0 fully saturated rings. The van der Waals surface area contributed by atoms with Gasteiger partial charge in [0, 0.05) is 19.6 Å². The number of nitrogens with one attached hydrogen (secondary N) is 2. The van der Waals surface area contributed by atoms with Gasteiger partial charge in [0.2, 0.25) is 0 Å². The molecule has 0 heterocycles. The summed E-state index contributed by atoms with van der Waals surface area (Å²) >= 11 is 0. The van der Waals surface area contributed by atoms with Crippen LogP contribution in [0.2, 0.25) is 0 Å². The summed E-state index contributed by atoms with van der Waals surface area (Å²) in [4.78, 5) is 0. The highest BCUT2D eigenvalue weighted by atomic mass is 16.4. The summed E-state index contributed by atoms with van der Waals surface area (Å²) in [7, 11) is 0.593. The highest BCUT2D eigenvalue weighted by molar-refractivity contribution is 6.58. The molecule has 4 N–H and O–H groups in total. The molecule has 0 atom stereocenters. The van der Waals surface area contributed by atoms with Gasteiger partial charge in [0.05, 0.1) is 0 Å².